The van der Waals surface area contributed by atoms with Gasteiger partial charge in [0.1, 0.15) is 5.82 Å². The van der Waals surface area contributed by atoms with E-state index in [1.165, 1.54) is 139 Å². The molecule has 0 fully saturated rings. The van der Waals surface area contributed by atoms with Crippen molar-refractivity contribution >= 4 is 0 Å². The molecule has 0 radical (unpaired) electrons. The Morgan fingerprint density at radius 3 is 1.65 bits per heavy atom. The molecular weight excluding hydrogens is 520 g/mol. The lowest BCUT2D eigenvalue weighted by atomic mass is 9.66. The van der Waals surface area contributed by atoms with Gasteiger partial charge in [-0.25, -0.2) is 4.98 Å². The van der Waals surface area contributed by atoms with Crippen LogP contribution in [0.2, 0.25) is 0 Å². The Morgan fingerprint density at radius 1 is 0.605 bits per heavy atom. The van der Waals surface area contributed by atoms with E-state index >= 15 is 0 Å². The summed E-state index contributed by atoms with van der Waals surface area (Å²) in [5.74, 6) is 1.69. The van der Waals surface area contributed by atoms with Gasteiger partial charge < -0.3 is 4.57 Å². The maximum atomic E-state index is 5.13. The normalized spacial score (nSPS) is 13.7. The van der Waals surface area contributed by atoms with Crippen LogP contribution in [-0.4, -0.2) is 9.55 Å². The number of rotatable bonds is 25. The van der Waals surface area contributed by atoms with E-state index in [9.17, 15) is 0 Å². The smallest absolute Gasteiger partial charge is 0.112 e. The number of aromatic nitrogens is 2. The minimum atomic E-state index is -0.0235. The number of hydrogen-bond donors (Lipinski definition) is 0. The summed E-state index contributed by atoms with van der Waals surface area (Å²) < 4.78 is 2.52. The number of hydrogen-bond acceptors (Lipinski definition) is 1. The largest absolute Gasteiger partial charge is 0.335 e. The molecule has 0 bridgehead atoms. The van der Waals surface area contributed by atoms with Crippen LogP contribution in [0.1, 0.15) is 166 Å². The third kappa shape index (κ3) is 12.7. The monoisotopic (exact) mass is 585 g/mol. The van der Waals surface area contributed by atoms with E-state index in [-0.39, 0.29) is 5.41 Å². The van der Waals surface area contributed by atoms with E-state index in [2.05, 4.69) is 98.4 Å². The van der Waals surface area contributed by atoms with Crippen molar-refractivity contribution < 1.29 is 0 Å². The van der Waals surface area contributed by atoms with Crippen LogP contribution in [0.3, 0.4) is 0 Å². The van der Waals surface area contributed by atoms with Crippen LogP contribution >= 0.6 is 0 Å². The number of aryl methyl sites for hydroxylation is 1. The molecule has 2 atom stereocenters. The minimum Gasteiger partial charge on any atom is -0.335 e. The van der Waals surface area contributed by atoms with Crippen molar-refractivity contribution in [1.82, 2.24) is 9.55 Å². The van der Waals surface area contributed by atoms with Gasteiger partial charge in [-0.1, -0.05) is 191 Å². The average molecular weight is 585 g/mol. The summed E-state index contributed by atoms with van der Waals surface area (Å²) in [5.41, 5.74) is 2.84. The molecule has 1 heterocycles. The molecule has 43 heavy (non-hydrogen) atoms. The Labute approximate surface area is 266 Å². The summed E-state index contributed by atoms with van der Waals surface area (Å²) in [4.78, 5) is 5.13. The topological polar surface area (TPSA) is 17.8 Å². The molecule has 2 heteroatoms. The predicted octanol–water partition coefficient (Wildman–Crippen LogP) is 12.6. The van der Waals surface area contributed by atoms with Gasteiger partial charge in [-0.05, 0) is 30.4 Å². The number of nitrogens with zero attached hydrogens (tertiary/aromatic N) is 2. The minimum absolute atomic E-state index is 0.0235. The van der Waals surface area contributed by atoms with Crippen molar-refractivity contribution in [2.75, 3.05) is 0 Å². The lowest BCUT2D eigenvalue weighted by Gasteiger charge is -2.39. The van der Waals surface area contributed by atoms with E-state index in [0.29, 0.717) is 5.92 Å². The Balaban J connectivity index is 1.70. The first-order valence-corrected chi connectivity index (χ1v) is 18.3. The molecule has 0 saturated carbocycles. The van der Waals surface area contributed by atoms with Crippen LogP contribution < -0.4 is 0 Å². The van der Waals surface area contributed by atoms with E-state index < -0.39 is 0 Å². The average Bonchev–Trinajstić information content (AvgIpc) is 3.50. The van der Waals surface area contributed by atoms with Gasteiger partial charge in [0.25, 0.3) is 0 Å². The molecule has 3 aromatic rings. The summed E-state index contributed by atoms with van der Waals surface area (Å²) in [6, 6.07) is 22.5. The van der Waals surface area contributed by atoms with E-state index in [4.69, 9.17) is 4.98 Å². The lowest BCUT2D eigenvalue weighted by Crippen LogP contribution is -2.35. The van der Waals surface area contributed by atoms with Crippen LogP contribution in [0, 0.1) is 0 Å². The van der Waals surface area contributed by atoms with E-state index in [0.717, 1.165) is 13.0 Å². The Bertz CT molecular complexity index is 1060. The zero-order valence-electron chi connectivity index (χ0n) is 28.2. The fourth-order valence-electron chi connectivity index (χ4n) is 7.07. The first-order chi connectivity index (χ1) is 21.2. The Kier molecular flexibility index (Phi) is 17.5. The number of benzene rings is 2. The molecule has 3 rings (SSSR count). The van der Waals surface area contributed by atoms with Crippen LogP contribution in [0.4, 0.5) is 0 Å². The fourth-order valence-corrected chi connectivity index (χ4v) is 7.07. The zero-order chi connectivity index (χ0) is 30.4. The zero-order valence-corrected chi connectivity index (χ0v) is 28.2. The number of imidazole rings is 1. The Morgan fingerprint density at radius 2 is 1.09 bits per heavy atom. The van der Waals surface area contributed by atoms with Crippen molar-refractivity contribution in [3.05, 3.63) is 90.0 Å². The highest BCUT2D eigenvalue weighted by Crippen LogP contribution is 2.44. The first-order valence-electron chi connectivity index (χ1n) is 18.3. The fraction of sp³-hybridized carbons (Fsp3) is 0.634. The van der Waals surface area contributed by atoms with Gasteiger partial charge in [0.05, 0.1) is 0 Å². The van der Waals surface area contributed by atoms with Crippen molar-refractivity contribution in [3.63, 3.8) is 0 Å². The van der Waals surface area contributed by atoms with Gasteiger partial charge in [0.15, 0.2) is 0 Å². The SMILES string of the molecule is CCCCCCCCCCCC(c1nccn1CCCCCCCCCCC)C(C)(Cc1ccccc1)c1ccccc1. The Hall–Kier alpha value is -2.35. The molecule has 238 valence electrons. The molecule has 0 aliphatic heterocycles. The van der Waals surface area contributed by atoms with Crippen molar-refractivity contribution in [1.29, 1.82) is 0 Å². The van der Waals surface area contributed by atoms with Crippen LogP contribution in [0.5, 0.6) is 0 Å². The molecule has 1 aromatic heterocycles. The molecule has 0 spiro atoms. The lowest BCUT2D eigenvalue weighted by molar-refractivity contribution is 0.321. The van der Waals surface area contributed by atoms with E-state index in [1.54, 1.807) is 0 Å². The summed E-state index contributed by atoms with van der Waals surface area (Å²) in [6.45, 7) is 8.22. The van der Waals surface area contributed by atoms with Crippen molar-refractivity contribution in [2.24, 2.45) is 0 Å². The van der Waals surface area contributed by atoms with Gasteiger partial charge in [-0.15, -0.1) is 0 Å². The molecular formula is C41H64N2. The summed E-state index contributed by atoms with van der Waals surface area (Å²) in [5, 5.41) is 0. The molecule has 2 nitrogen and oxygen atoms in total. The second kappa shape index (κ2) is 21.4. The molecule has 0 saturated heterocycles. The van der Waals surface area contributed by atoms with Crippen molar-refractivity contribution in [3.8, 4) is 0 Å². The molecule has 2 aromatic carbocycles. The van der Waals surface area contributed by atoms with E-state index in [1.807, 2.05) is 0 Å². The van der Waals surface area contributed by atoms with Gasteiger partial charge in [0, 0.05) is 30.3 Å². The van der Waals surface area contributed by atoms with Crippen LogP contribution in [-0.2, 0) is 18.4 Å². The molecule has 0 amide bonds. The maximum Gasteiger partial charge on any atom is 0.112 e. The summed E-state index contributed by atoms with van der Waals surface area (Å²) >= 11 is 0. The highest BCUT2D eigenvalue weighted by atomic mass is 15.1. The summed E-state index contributed by atoms with van der Waals surface area (Å²) in [7, 11) is 0. The maximum absolute atomic E-state index is 5.13. The van der Waals surface area contributed by atoms with Crippen molar-refractivity contribution in [2.45, 2.75) is 167 Å². The van der Waals surface area contributed by atoms with Gasteiger partial charge in [0.2, 0.25) is 0 Å². The third-order valence-electron chi connectivity index (χ3n) is 9.77. The second-order valence-corrected chi connectivity index (χ2v) is 13.4. The second-order valence-electron chi connectivity index (χ2n) is 13.4. The number of unbranched alkanes of at least 4 members (excludes halogenated alkanes) is 16. The predicted molar refractivity (Wildman–Crippen MR) is 188 cm³/mol. The molecule has 0 aliphatic carbocycles. The first kappa shape index (κ1) is 35.1. The van der Waals surface area contributed by atoms with Gasteiger partial charge in [-0.2, -0.15) is 0 Å². The van der Waals surface area contributed by atoms with Gasteiger partial charge in [-0.3, -0.25) is 0 Å². The van der Waals surface area contributed by atoms with Crippen LogP contribution in [0.15, 0.2) is 73.1 Å². The molecule has 0 N–H and O–H groups in total. The molecule has 0 aliphatic rings. The highest BCUT2D eigenvalue weighted by Gasteiger charge is 2.39. The highest BCUT2D eigenvalue weighted by molar-refractivity contribution is 5.33. The quantitative estimate of drug-likeness (QED) is 0.0906. The van der Waals surface area contributed by atoms with Crippen LogP contribution in [0.25, 0.3) is 0 Å². The third-order valence-corrected chi connectivity index (χ3v) is 9.77. The van der Waals surface area contributed by atoms with Gasteiger partial charge >= 0.3 is 0 Å². The standard InChI is InChI=1S/C41H64N2/c1-4-6-8-10-12-14-16-18-26-32-39(40-42-33-35-43(40)34-27-19-17-15-13-11-9-7-5-2)41(3,38-30-24-21-25-31-38)36-37-28-22-20-23-29-37/h20-25,28-31,33,35,39H,4-19,26-27,32,34,36H2,1-3H3. The summed E-state index contributed by atoms with van der Waals surface area (Å²) in [6.07, 6.45) is 31.2. The molecule has 2 unspecified atom stereocenters.